The van der Waals surface area contributed by atoms with Gasteiger partial charge in [0.05, 0.1) is 5.69 Å². The second-order valence-electron chi connectivity index (χ2n) is 4.49. The molecule has 6 heteroatoms. The van der Waals surface area contributed by atoms with E-state index in [1.807, 2.05) is 0 Å². The molecule has 21 heavy (non-hydrogen) atoms. The van der Waals surface area contributed by atoms with E-state index in [9.17, 15) is 9.18 Å². The van der Waals surface area contributed by atoms with Crippen molar-refractivity contribution in [3.05, 3.63) is 52.3 Å². The van der Waals surface area contributed by atoms with E-state index in [-0.39, 0.29) is 18.3 Å². The van der Waals surface area contributed by atoms with Crippen LogP contribution in [0.1, 0.15) is 5.56 Å². The minimum atomic E-state index is -0.317. The molecule has 0 aromatic heterocycles. The molecular weight excluding hydrogens is 339 g/mol. The average Bonchev–Trinajstić information content (AvgIpc) is 2.43. The molecule has 0 fully saturated rings. The monoisotopic (exact) mass is 352 g/mol. The summed E-state index contributed by atoms with van der Waals surface area (Å²) in [5.41, 5.74) is 7.29. The summed E-state index contributed by atoms with van der Waals surface area (Å²) >= 11 is 3.31. The lowest BCUT2D eigenvalue weighted by Gasteiger charge is -2.10. The van der Waals surface area contributed by atoms with Gasteiger partial charge in [-0.2, -0.15) is 0 Å². The highest BCUT2D eigenvalue weighted by Gasteiger charge is 2.07. The first kappa shape index (κ1) is 15.3. The third-order valence-corrected chi connectivity index (χ3v) is 3.42. The molecule has 0 heterocycles. The van der Waals surface area contributed by atoms with E-state index in [0.29, 0.717) is 27.2 Å². The third-order valence-electron chi connectivity index (χ3n) is 2.77. The van der Waals surface area contributed by atoms with E-state index in [4.69, 9.17) is 10.5 Å². The van der Waals surface area contributed by atoms with Crippen LogP contribution in [0.2, 0.25) is 0 Å². The largest absolute Gasteiger partial charge is 0.484 e. The van der Waals surface area contributed by atoms with Crippen molar-refractivity contribution in [2.45, 2.75) is 6.92 Å². The summed E-state index contributed by atoms with van der Waals surface area (Å²) in [6, 6.07) is 9.40. The van der Waals surface area contributed by atoms with Crippen molar-refractivity contribution in [2.24, 2.45) is 0 Å². The number of carbonyl (C=O) groups is 1. The summed E-state index contributed by atoms with van der Waals surface area (Å²) < 4.78 is 19.1. The van der Waals surface area contributed by atoms with E-state index in [0.717, 1.165) is 0 Å². The fourth-order valence-electron chi connectivity index (χ4n) is 1.67. The summed E-state index contributed by atoms with van der Waals surface area (Å²) in [6.07, 6.45) is 0. The number of ether oxygens (including phenoxy) is 1. The summed E-state index contributed by atoms with van der Waals surface area (Å²) in [6.45, 7) is 1.47. The van der Waals surface area contributed by atoms with Crippen LogP contribution in [0.25, 0.3) is 0 Å². The van der Waals surface area contributed by atoms with Gasteiger partial charge in [-0.05, 0) is 64.8 Å². The molecule has 110 valence electrons. The molecule has 2 aromatic carbocycles. The molecule has 2 rings (SSSR count). The maximum absolute atomic E-state index is 13.1. The molecule has 1 amide bonds. The van der Waals surface area contributed by atoms with Crippen molar-refractivity contribution in [1.82, 2.24) is 0 Å². The number of nitrogens with two attached hydrogens (primary N) is 1. The quantitative estimate of drug-likeness (QED) is 0.827. The van der Waals surface area contributed by atoms with Gasteiger partial charge in [0.15, 0.2) is 6.61 Å². The van der Waals surface area contributed by atoms with Crippen LogP contribution < -0.4 is 15.8 Å². The highest BCUT2D eigenvalue weighted by Crippen LogP contribution is 2.24. The maximum atomic E-state index is 13.1. The van der Waals surface area contributed by atoms with Crippen LogP contribution in [0.15, 0.2) is 40.9 Å². The first-order chi connectivity index (χ1) is 9.95. The van der Waals surface area contributed by atoms with Gasteiger partial charge >= 0.3 is 0 Å². The lowest BCUT2D eigenvalue weighted by molar-refractivity contribution is -0.118. The lowest BCUT2D eigenvalue weighted by Crippen LogP contribution is -2.20. The second-order valence-corrected chi connectivity index (χ2v) is 5.34. The Hall–Kier alpha value is -2.08. The summed E-state index contributed by atoms with van der Waals surface area (Å²) in [4.78, 5) is 11.8. The van der Waals surface area contributed by atoms with E-state index >= 15 is 0 Å². The van der Waals surface area contributed by atoms with Crippen molar-refractivity contribution in [2.75, 3.05) is 17.7 Å². The van der Waals surface area contributed by atoms with Gasteiger partial charge in [-0.25, -0.2) is 4.39 Å². The Bertz CT molecular complexity index is 677. The van der Waals surface area contributed by atoms with Crippen molar-refractivity contribution in [3.63, 3.8) is 0 Å². The zero-order chi connectivity index (χ0) is 15.4. The molecule has 0 unspecified atom stereocenters. The van der Waals surface area contributed by atoms with Gasteiger partial charge in [0.1, 0.15) is 11.6 Å². The second kappa shape index (κ2) is 6.58. The smallest absolute Gasteiger partial charge is 0.262 e. The molecule has 0 spiro atoms. The molecule has 0 bridgehead atoms. The van der Waals surface area contributed by atoms with Gasteiger partial charge in [0.25, 0.3) is 5.91 Å². The molecule has 0 aliphatic heterocycles. The van der Waals surface area contributed by atoms with Crippen molar-refractivity contribution in [3.8, 4) is 5.75 Å². The lowest BCUT2D eigenvalue weighted by atomic mass is 10.2. The summed E-state index contributed by atoms with van der Waals surface area (Å²) in [7, 11) is 0. The minimum absolute atomic E-state index is 0.165. The van der Waals surface area contributed by atoms with Crippen LogP contribution in [-0.4, -0.2) is 12.5 Å². The van der Waals surface area contributed by atoms with E-state index < -0.39 is 0 Å². The Kier molecular flexibility index (Phi) is 4.80. The van der Waals surface area contributed by atoms with Gasteiger partial charge < -0.3 is 15.8 Å². The first-order valence-corrected chi connectivity index (χ1v) is 6.99. The Balaban J connectivity index is 1.94. The predicted octanol–water partition coefficient (Wildman–Crippen LogP) is 3.50. The summed E-state index contributed by atoms with van der Waals surface area (Å²) in [5, 5.41) is 2.69. The zero-order valence-electron chi connectivity index (χ0n) is 11.3. The molecule has 0 saturated heterocycles. The number of nitrogens with one attached hydrogen (secondary N) is 1. The Labute approximate surface area is 130 Å². The van der Waals surface area contributed by atoms with Gasteiger partial charge in [-0.3, -0.25) is 4.79 Å². The van der Waals surface area contributed by atoms with E-state index in [1.54, 1.807) is 31.2 Å². The molecule has 0 aliphatic carbocycles. The van der Waals surface area contributed by atoms with Gasteiger partial charge in [0.2, 0.25) is 0 Å². The SMILES string of the molecule is Cc1cc(OCC(=O)Nc2ccc(N)cc2Br)ccc1F. The predicted molar refractivity (Wildman–Crippen MR) is 83.8 cm³/mol. The molecule has 0 aliphatic rings. The summed E-state index contributed by atoms with van der Waals surface area (Å²) in [5.74, 6) is -0.180. The normalized spacial score (nSPS) is 10.2. The number of hydrogen-bond acceptors (Lipinski definition) is 3. The topological polar surface area (TPSA) is 64.3 Å². The third kappa shape index (κ3) is 4.19. The number of nitrogen functional groups attached to an aromatic ring is 1. The number of hydrogen-bond donors (Lipinski definition) is 2. The fourth-order valence-corrected chi connectivity index (χ4v) is 2.17. The number of amides is 1. The standard InChI is InChI=1S/C15H14BrFN2O2/c1-9-6-11(3-4-13(9)17)21-8-15(20)19-14-5-2-10(18)7-12(14)16/h2-7H,8,18H2,1H3,(H,19,20). The Morgan fingerprint density at radius 3 is 2.76 bits per heavy atom. The van der Waals surface area contributed by atoms with Crippen LogP contribution in [0.5, 0.6) is 5.75 Å². The number of anilines is 2. The van der Waals surface area contributed by atoms with E-state index in [1.165, 1.54) is 12.1 Å². The minimum Gasteiger partial charge on any atom is -0.484 e. The molecule has 0 radical (unpaired) electrons. The van der Waals surface area contributed by atoms with Crippen LogP contribution in [0, 0.1) is 12.7 Å². The van der Waals surface area contributed by atoms with Crippen molar-refractivity contribution in [1.29, 1.82) is 0 Å². The van der Waals surface area contributed by atoms with Crippen LogP contribution in [-0.2, 0) is 4.79 Å². The number of halogens is 2. The number of benzene rings is 2. The van der Waals surface area contributed by atoms with Gasteiger partial charge in [-0.15, -0.1) is 0 Å². The van der Waals surface area contributed by atoms with Crippen LogP contribution in [0.3, 0.4) is 0 Å². The molecule has 2 aromatic rings. The fraction of sp³-hybridized carbons (Fsp3) is 0.133. The number of carbonyl (C=O) groups excluding carboxylic acids is 1. The maximum Gasteiger partial charge on any atom is 0.262 e. The molecule has 0 saturated carbocycles. The molecular formula is C15H14BrFN2O2. The number of aryl methyl sites for hydroxylation is 1. The van der Waals surface area contributed by atoms with E-state index in [2.05, 4.69) is 21.2 Å². The van der Waals surface area contributed by atoms with Gasteiger partial charge in [-0.1, -0.05) is 0 Å². The molecule has 0 atom stereocenters. The Morgan fingerprint density at radius 1 is 1.33 bits per heavy atom. The molecule has 4 nitrogen and oxygen atoms in total. The molecule has 3 N–H and O–H groups in total. The highest BCUT2D eigenvalue weighted by atomic mass is 79.9. The van der Waals surface area contributed by atoms with Crippen molar-refractivity contribution >= 4 is 33.2 Å². The Morgan fingerprint density at radius 2 is 2.10 bits per heavy atom. The first-order valence-electron chi connectivity index (χ1n) is 6.19. The van der Waals surface area contributed by atoms with Crippen LogP contribution >= 0.6 is 15.9 Å². The highest BCUT2D eigenvalue weighted by molar-refractivity contribution is 9.10. The average molecular weight is 353 g/mol. The zero-order valence-corrected chi connectivity index (χ0v) is 12.9. The number of rotatable bonds is 4. The van der Waals surface area contributed by atoms with Gasteiger partial charge in [0, 0.05) is 10.2 Å². The van der Waals surface area contributed by atoms with Crippen molar-refractivity contribution < 1.29 is 13.9 Å². The van der Waals surface area contributed by atoms with Crippen LogP contribution in [0.4, 0.5) is 15.8 Å².